The molecule has 2 aromatic rings. The Kier molecular flexibility index (Phi) is 6.83. The number of phenolic OH excluding ortho intramolecular Hbond substituents is 1. The van der Waals surface area contributed by atoms with Crippen LogP contribution in [-0.2, 0) is 4.74 Å². The third-order valence-electron chi connectivity index (χ3n) is 3.88. The summed E-state index contributed by atoms with van der Waals surface area (Å²) in [5, 5.41) is 17.1. The second kappa shape index (κ2) is 9.08. The minimum absolute atomic E-state index is 0.101. The zero-order chi connectivity index (χ0) is 19.1. The van der Waals surface area contributed by atoms with Crippen LogP contribution in [0.4, 0.5) is 10.5 Å². The highest BCUT2D eigenvalue weighted by Gasteiger charge is 2.16. The van der Waals surface area contributed by atoms with E-state index in [1.807, 2.05) is 20.8 Å². The van der Waals surface area contributed by atoms with Gasteiger partial charge in [-0.15, -0.1) is 0 Å². The average Bonchev–Trinajstić information content (AvgIpc) is 2.61. The summed E-state index contributed by atoms with van der Waals surface area (Å²) in [6, 6.07) is 8.40. The van der Waals surface area contributed by atoms with Crippen molar-refractivity contribution in [1.29, 1.82) is 0 Å². The van der Waals surface area contributed by atoms with Crippen molar-refractivity contribution >= 4 is 28.5 Å². The van der Waals surface area contributed by atoms with Crippen molar-refractivity contribution in [3.63, 3.8) is 0 Å². The molecule has 0 unspecified atom stereocenters. The van der Waals surface area contributed by atoms with E-state index < -0.39 is 6.09 Å². The first kappa shape index (κ1) is 19.6. The lowest BCUT2D eigenvalue weighted by atomic mass is 10.0. The fraction of sp³-hybridized carbons (Fsp3) is 0.400. The highest BCUT2D eigenvalue weighted by atomic mass is 16.5. The van der Waals surface area contributed by atoms with Crippen molar-refractivity contribution in [2.45, 2.75) is 33.6 Å². The zero-order valence-electron chi connectivity index (χ0n) is 15.5. The molecule has 2 rings (SSSR count). The number of carbonyl (C=O) groups is 2. The molecule has 0 atom stereocenters. The summed E-state index contributed by atoms with van der Waals surface area (Å²) in [6.07, 6.45) is 1.31. The Morgan fingerprint density at radius 1 is 1.15 bits per heavy atom. The molecule has 0 bridgehead atoms. The van der Waals surface area contributed by atoms with Gasteiger partial charge >= 0.3 is 6.09 Å². The predicted octanol–water partition coefficient (Wildman–Crippen LogP) is 4.28. The largest absolute Gasteiger partial charge is 0.506 e. The number of nitrogens with one attached hydrogen (secondary N) is 2. The van der Waals surface area contributed by atoms with E-state index in [1.54, 1.807) is 30.3 Å². The fourth-order valence-corrected chi connectivity index (χ4v) is 2.50. The SMILES string of the molecule is CCCCNC(=O)c1ccc2c(NC(=O)OCC(C)C)cccc2c1O. The van der Waals surface area contributed by atoms with E-state index in [0.717, 1.165) is 12.8 Å². The van der Waals surface area contributed by atoms with Crippen LogP contribution in [0.25, 0.3) is 10.8 Å². The number of hydrogen-bond donors (Lipinski definition) is 3. The van der Waals surface area contributed by atoms with Crippen LogP contribution in [0.15, 0.2) is 30.3 Å². The number of fused-ring (bicyclic) bond motifs is 1. The summed E-state index contributed by atoms with van der Waals surface area (Å²) in [5.41, 5.74) is 0.734. The molecule has 0 fully saturated rings. The Labute approximate surface area is 153 Å². The molecule has 0 heterocycles. The molecule has 6 heteroatoms. The van der Waals surface area contributed by atoms with Gasteiger partial charge in [0.1, 0.15) is 5.75 Å². The maximum Gasteiger partial charge on any atom is 0.411 e. The molecule has 2 aromatic carbocycles. The van der Waals surface area contributed by atoms with Crippen molar-refractivity contribution < 1.29 is 19.4 Å². The number of aromatic hydroxyl groups is 1. The third-order valence-corrected chi connectivity index (χ3v) is 3.88. The quantitative estimate of drug-likeness (QED) is 0.645. The van der Waals surface area contributed by atoms with Crippen LogP contribution in [0.3, 0.4) is 0 Å². The van der Waals surface area contributed by atoms with Crippen molar-refractivity contribution in [2.24, 2.45) is 5.92 Å². The number of amides is 2. The first-order valence-corrected chi connectivity index (χ1v) is 8.90. The lowest BCUT2D eigenvalue weighted by Gasteiger charge is -2.13. The van der Waals surface area contributed by atoms with Crippen LogP contribution >= 0.6 is 0 Å². The maximum absolute atomic E-state index is 12.2. The fourth-order valence-electron chi connectivity index (χ4n) is 2.50. The molecule has 3 N–H and O–H groups in total. The van der Waals surface area contributed by atoms with Crippen LogP contribution < -0.4 is 10.6 Å². The minimum atomic E-state index is -0.549. The lowest BCUT2D eigenvalue weighted by Crippen LogP contribution is -2.24. The van der Waals surface area contributed by atoms with Gasteiger partial charge < -0.3 is 15.2 Å². The standard InChI is InChI=1S/C20H26N2O4/c1-4-5-11-21-19(24)16-10-9-14-15(18(16)23)7-6-8-17(14)22-20(25)26-12-13(2)3/h6-10,13,23H,4-5,11-12H2,1-3H3,(H,21,24)(H,22,25). The van der Waals surface area contributed by atoms with E-state index in [2.05, 4.69) is 10.6 Å². The van der Waals surface area contributed by atoms with Gasteiger partial charge in [-0.2, -0.15) is 0 Å². The summed E-state index contributed by atoms with van der Waals surface area (Å²) in [6.45, 7) is 6.84. The van der Waals surface area contributed by atoms with E-state index >= 15 is 0 Å². The maximum atomic E-state index is 12.2. The lowest BCUT2D eigenvalue weighted by molar-refractivity contribution is 0.0950. The molecule has 0 aromatic heterocycles. The normalized spacial score (nSPS) is 10.8. The van der Waals surface area contributed by atoms with Gasteiger partial charge in [0, 0.05) is 17.3 Å². The summed E-state index contributed by atoms with van der Waals surface area (Å²) < 4.78 is 5.13. The molecular formula is C20H26N2O4. The van der Waals surface area contributed by atoms with Gasteiger partial charge in [-0.1, -0.05) is 45.4 Å². The van der Waals surface area contributed by atoms with E-state index in [9.17, 15) is 14.7 Å². The molecule has 6 nitrogen and oxygen atoms in total. The van der Waals surface area contributed by atoms with Gasteiger partial charge in [0.25, 0.3) is 5.91 Å². The Bertz CT molecular complexity index is 787. The van der Waals surface area contributed by atoms with Gasteiger partial charge in [-0.05, 0) is 24.5 Å². The monoisotopic (exact) mass is 358 g/mol. The number of phenols is 1. The van der Waals surface area contributed by atoms with Crippen molar-refractivity contribution in [2.75, 3.05) is 18.5 Å². The number of anilines is 1. The van der Waals surface area contributed by atoms with Gasteiger partial charge in [0.2, 0.25) is 0 Å². The molecule has 0 radical (unpaired) electrons. The molecule has 0 saturated heterocycles. The molecule has 0 spiro atoms. The van der Waals surface area contributed by atoms with Crippen LogP contribution in [-0.4, -0.2) is 30.3 Å². The molecule has 140 valence electrons. The van der Waals surface area contributed by atoms with Crippen molar-refractivity contribution in [1.82, 2.24) is 5.32 Å². The second-order valence-electron chi connectivity index (χ2n) is 6.59. The van der Waals surface area contributed by atoms with Gasteiger partial charge in [-0.25, -0.2) is 4.79 Å². The number of unbranched alkanes of at least 4 members (excludes halogenated alkanes) is 1. The molecule has 26 heavy (non-hydrogen) atoms. The van der Waals surface area contributed by atoms with Gasteiger partial charge in [0.15, 0.2) is 0 Å². The predicted molar refractivity (Wildman–Crippen MR) is 103 cm³/mol. The van der Waals surface area contributed by atoms with Crippen LogP contribution in [0.5, 0.6) is 5.75 Å². The van der Waals surface area contributed by atoms with Gasteiger partial charge in [0.05, 0.1) is 17.9 Å². The smallest absolute Gasteiger partial charge is 0.411 e. The first-order chi connectivity index (χ1) is 12.4. The van der Waals surface area contributed by atoms with Crippen LogP contribution in [0, 0.1) is 5.92 Å². The molecule has 0 aliphatic heterocycles. The van der Waals surface area contributed by atoms with Crippen LogP contribution in [0.1, 0.15) is 44.0 Å². The minimum Gasteiger partial charge on any atom is -0.506 e. The highest BCUT2D eigenvalue weighted by Crippen LogP contribution is 2.33. The number of hydrogen-bond acceptors (Lipinski definition) is 4. The van der Waals surface area contributed by atoms with E-state index in [-0.39, 0.29) is 23.1 Å². The molecular weight excluding hydrogens is 332 g/mol. The summed E-state index contributed by atoms with van der Waals surface area (Å²) >= 11 is 0. The summed E-state index contributed by atoms with van der Waals surface area (Å²) in [4.78, 5) is 24.1. The third kappa shape index (κ3) is 4.88. The second-order valence-corrected chi connectivity index (χ2v) is 6.59. The van der Waals surface area contributed by atoms with Crippen molar-refractivity contribution in [3.8, 4) is 5.75 Å². The molecule has 0 saturated carbocycles. The molecule has 0 aliphatic carbocycles. The zero-order valence-corrected chi connectivity index (χ0v) is 15.5. The number of ether oxygens (including phenoxy) is 1. The summed E-state index contributed by atoms with van der Waals surface area (Å²) in [7, 11) is 0. The topological polar surface area (TPSA) is 87.7 Å². The van der Waals surface area contributed by atoms with E-state index in [0.29, 0.717) is 29.6 Å². The molecule has 0 aliphatic rings. The van der Waals surface area contributed by atoms with Crippen molar-refractivity contribution in [3.05, 3.63) is 35.9 Å². The Balaban J connectivity index is 2.23. The Morgan fingerprint density at radius 2 is 1.92 bits per heavy atom. The number of carbonyl (C=O) groups excluding carboxylic acids is 2. The van der Waals surface area contributed by atoms with Crippen LogP contribution in [0.2, 0.25) is 0 Å². The number of rotatable bonds is 7. The highest BCUT2D eigenvalue weighted by molar-refractivity contribution is 6.08. The first-order valence-electron chi connectivity index (χ1n) is 8.90. The average molecular weight is 358 g/mol. The Hall–Kier alpha value is -2.76. The van der Waals surface area contributed by atoms with Gasteiger partial charge in [-0.3, -0.25) is 10.1 Å². The summed E-state index contributed by atoms with van der Waals surface area (Å²) in [5.74, 6) is -0.172. The molecule has 2 amide bonds. The Morgan fingerprint density at radius 3 is 2.62 bits per heavy atom. The number of benzene rings is 2. The van der Waals surface area contributed by atoms with E-state index in [4.69, 9.17) is 4.74 Å². The van der Waals surface area contributed by atoms with E-state index in [1.165, 1.54) is 0 Å².